The quantitative estimate of drug-likeness (QED) is 0.915. The van der Waals surface area contributed by atoms with Crippen LogP contribution in [0, 0.1) is 0 Å². The van der Waals surface area contributed by atoms with Crippen molar-refractivity contribution >= 4 is 11.6 Å². The van der Waals surface area contributed by atoms with Gasteiger partial charge >= 0.3 is 0 Å². The van der Waals surface area contributed by atoms with Gasteiger partial charge in [0.1, 0.15) is 0 Å². The minimum Gasteiger partial charge on any atom is -0.381 e. The lowest BCUT2D eigenvalue weighted by atomic mass is 10.1. The van der Waals surface area contributed by atoms with E-state index >= 15 is 0 Å². The van der Waals surface area contributed by atoms with Crippen molar-refractivity contribution in [3.63, 3.8) is 0 Å². The number of hydrogen-bond acceptors (Lipinski definition) is 3. The Morgan fingerprint density at radius 2 is 1.95 bits per heavy atom. The molecule has 1 fully saturated rings. The highest BCUT2D eigenvalue weighted by molar-refractivity contribution is 5.94. The number of nitrogens with one attached hydrogen (secondary N) is 1. The van der Waals surface area contributed by atoms with Crippen molar-refractivity contribution in [2.75, 3.05) is 32.5 Å². The molecule has 2 rings (SSSR count). The Labute approximate surface area is 121 Å². The van der Waals surface area contributed by atoms with Crippen molar-refractivity contribution in [2.45, 2.75) is 32.4 Å². The van der Waals surface area contributed by atoms with Crippen molar-refractivity contribution in [2.24, 2.45) is 0 Å². The molecule has 1 N–H and O–H groups in total. The summed E-state index contributed by atoms with van der Waals surface area (Å²) in [4.78, 5) is 15.9. The van der Waals surface area contributed by atoms with Gasteiger partial charge in [0.2, 0.25) is 0 Å². The van der Waals surface area contributed by atoms with E-state index < -0.39 is 0 Å². The molecule has 0 aromatic heterocycles. The number of nitrogens with zero attached hydrogens (tertiary/aromatic N) is 2. The van der Waals surface area contributed by atoms with Crippen molar-refractivity contribution in [1.82, 2.24) is 9.80 Å². The number of likely N-dealkylation sites (tertiary alicyclic amines) is 1. The number of hydrogen-bond donors (Lipinski definition) is 1. The molecule has 1 aromatic carbocycles. The highest BCUT2D eigenvalue weighted by atomic mass is 16.2. The van der Waals surface area contributed by atoms with Crippen LogP contribution < -0.4 is 5.32 Å². The summed E-state index contributed by atoms with van der Waals surface area (Å²) >= 11 is 0. The summed E-state index contributed by atoms with van der Waals surface area (Å²) < 4.78 is 0. The fourth-order valence-electron chi connectivity index (χ4n) is 2.58. The molecule has 4 nitrogen and oxygen atoms in total. The fourth-order valence-corrected chi connectivity index (χ4v) is 2.58. The Kier molecular flexibility index (Phi) is 4.65. The van der Waals surface area contributed by atoms with Crippen LogP contribution in [-0.2, 0) is 0 Å². The maximum absolute atomic E-state index is 11.8. The van der Waals surface area contributed by atoms with Crippen molar-refractivity contribution in [3.8, 4) is 0 Å². The molecule has 1 saturated heterocycles. The third-order valence-electron chi connectivity index (χ3n) is 3.86. The molecule has 1 atom stereocenters. The Bertz CT molecular complexity index is 453. The van der Waals surface area contributed by atoms with Crippen LogP contribution in [0.1, 0.15) is 30.6 Å². The number of anilines is 1. The molecular formula is C16H25N3O. The van der Waals surface area contributed by atoms with Gasteiger partial charge in [-0.05, 0) is 44.5 Å². The van der Waals surface area contributed by atoms with Gasteiger partial charge in [0.25, 0.3) is 5.91 Å². The van der Waals surface area contributed by atoms with Crippen molar-refractivity contribution < 1.29 is 4.79 Å². The molecule has 0 bridgehead atoms. The molecule has 0 saturated carbocycles. The first-order chi connectivity index (χ1) is 9.47. The second kappa shape index (κ2) is 6.27. The fraction of sp³-hybridized carbons (Fsp3) is 0.562. The summed E-state index contributed by atoms with van der Waals surface area (Å²) in [6, 6.07) is 8.89. The predicted molar refractivity (Wildman–Crippen MR) is 83.2 cm³/mol. The van der Waals surface area contributed by atoms with E-state index in [1.54, 1.807) is 19.0 Å². The van der Waals surface area contributed by atoms with Gasteiger partial charge in [0.05, 0.1) is 0 Å². The Morgan fingerprint density at radius 3 is 2.45 bits per heavy atom. The van der Waals surface area contributed by atoms with E-state index in [2.05, 4.69) is 24.1 Å². The van der Waals surface area contributed by atoms with Gasteiger partial charge in [-0.3, -0.25) is 9.69 Å². The van der Waals surface area contributed by atoms with Gasteiger partial charge in [0.15, 0.2) is 0 Å². The maximum atomic E-state index is 11.8. The Hall–Kier alpha value is -1.55. The maximum Gasteiger partial charge on any atom is 0.253 e. The van der Waals surface area contributed by atoms with Gasteiger partial charge < -0.3 is 10.2 Å². The van der Waals surface area contributed by atoms with Gasteiger partial charge in [0, 0.05) is 50.5 Å². The molecule has 1 heterocycles. The highest BCUT2D eigenvalue weighted by Crippen LogP contribution is 2.18. The average Bonchev–Trinajstić information content (AvgIpc) is 2.87. The van der Waals surface area contributed by atoms with Crippen molar-refractivity contribution in [1.29, 1.82) is 0 Å². The normalized spacial score (nSPS) is 19.4. The lowest BCUT2D eigenvalue weighted by Gasteiger charge is -2.21. The van der Waals surface area contributed by atoms with Crippen LogP contribution in [0.25, 0.3) is 0 Å². The van der Waals surface area contributed by atoms with Crippen molar-refractivity contribution in [3.05, 3.63) is 29.8 Å². The van der Waals surface area contributed by atoms with Crippen LogP contribution >= 0.6 is 0 Å². The van der Waals surface area contributed by atoms with E-state index in [-0.39, 0.29) is 5.91 Å². The summed E-state index contributed by atoms with van der Waals surface area (Å²) in [6.07, 6.45) is 1.18. The average molecular weight is 275 g/mol. The van der Waals surface area contributed by atoms with Gasteiger partial charge in [-0.2, -0.15) is 0 Å². The molecular weight excluding hydrogens is 250 g/mol. The number of amides is 1. The Balaban J connectivity index is 1.93. The second-order valence-electron chi connectivity index (χ2n) is 6.00. The summed E-state index contributed by atoms with van der Waals surface area (Å²) in [6.45, 7) is 6.73. The van der Waals surface area contributed by atoms with Crippen LogP contribution in [0.5, 0.6) is 0 Å². The number of rotatable bonds is 4. The smallest absolute Gasteiger partial charge is 0.253 e. The van der Waals surface area contributed by atoms with E-state index in [0.717, 1.165) is 24.3 Å². The third kappa shape index (κ3) is 3.51. The molecule has 110 valence electrons. The van der Waals surface area contributed by atoms with E-state index in [1.807, 2.05) is 24.3 Å². The second-order valence-corrected chi connectivity index (χ2v) is 6.00. The first-order valence-electron chi connectivity index (χ1n) is 7.29. The molecule has 1 unspecified atom stereocenters. The molecule has 0 spiro atoms. The van der Waals surface area contributed by atoms with E-state index in [1.165, 1.54) is 6.42 Å². The molecule has 20 heavy (non-hydrogen) atoms. The Morgan fingerprint density at radius 1 is 1.30 bits per heavy atom. The predicted octanol–water partition coefficient (Wildman–Crippen LogP) is 2.28. The topological polar surface area (TPSA) is 35.6 Å². The zero-order valence-corrected chi connectivity index (χ0v) is 12.9. The lowest BCUT2D eigenvalue weighted by molar-refractivity contribution is 0.0827. The van der Waals surface area contributed by atoms with E-state index in [9.17, 15) is 4.79 Å². The first kappa shape index (κ1) is 14.9. The zero-order chi connectivity index (χ0) is 14.7. The zero-order valence-electron chi connectivity index (χ0n) is 12.9. The van der Waals surface area contributed by atoms with Gasteiger partial charge in [-0.25, -0.2) is 0 Å². The highest BCUT2D eigenvalue weighted by Gasteiger charge is 2.23. The van der Waals surface area contributed by atoms with Crippen LogP contribution in [-0.4, -0.2) is 55.0 Å². The van der Waals surface area contributed by atoms with Crippen LogP contribution in [0.3, 0.4) is 0 Å². The van der Waals surface area contributed by atoms with E-state index in [4.69, 9.17) is 0 Å². The summed E-state index contributed by atoms with van der Waals surface area (Å²) in [5.41, 5.74) is 1.83. The molecule has 1 aliphatic rings. The molecule has 0 radical (unpaired) electrons. The molecule has 0 aliphatic carbocycles. The molecule has 1 aliphatic heterocycles. The molecule has 1 aromatic rings. The first-order valence-corrected chi connectivity index (χ1v) is 7.29. The third-order valence-corrected chi connectivity index (χ3v) is 3.86. The number of carbonyl (C=O) groups excluding carboxylic acids is 1. The number of carbonyl (C=O) groups is 1. The standard InChI is InChI=1S/C16H25N3O/c1-12(2)19-10-9-15(11-19)17-14-7-5-13(6-8-14)16(20)18(3)4/h5-8,12,15,17H,9-11H2,1-4H3. The SMILES string of the molecule is CC(C)N1CCC(Nc2ccc(C(=O)N(C)C)cc2)C1. The van der Waals surface area contributed by atoms with Crippen LogP contribution in [0.4, 0.5) is 5.69 Å². The molecule has 4 heteroatoms. The monoisotopic (exact) mass is 275 g/mol. The van der Waals surface area contributed by atoms with Gasteiger partial charge in [-0.1, -0.05) is 0 Å². The summed E-state index contributed by atoms with van der Waals surface area (Å²) in [5.74, 6) is 0.0448. The minimum absolute atomic E-state index is 0.0448. The molecule has 1 amide bonds. The minimum atomic E-state index is 0.0448. The summed E-state index contributed by atoms with van der Waals surface area (Å²) in [5, 5.41) is 3.55. The largest absolute Gasteiger partial charge is 0.381 e. The van der Waals surface area contributed by atoms with Crippen LogP contribution in [0.15, 0.2) is 24.3 Å². The van der Waals surface area contributed by atoms with Gasteiger partial charge in [-0.15, -0.1) is 0 Å². The van der Waals surface area contributed by atoms with E-state index in [0.29, 0.717) is 12.1 Å². The van der Waals surface area contributed by atoms with Crippen LogP contribution in [0.2, 0.25) is 0 Å². The summed E-state index contributed by atoms with van der Waals surface area (Å²) in [7, 11) is 3.54. The number of benzene rings is 1. The lowest BCUT2D eigenvalue weighted by Crippen LogP contribution is -2.31.